The largest absolute Gasteiger partial charge is 0.387 e. The Morgan fingerprint density at radius 3 is 2.70 bits per heavy atom. The van der Waals surface area contributed by atoms with E-state index < -0.39 is 17.7 Å². The number of aromatic nitrogens is 7. The highest BCUT2D eigenvalue weighted by Crippen LogP contribution is 2.33. The molecule has 0 radical (unpaired) electrons. The summed E-state index contributed by atoms with van der Waals surface area (Å²) in [4.78, 5) is 19.1. The summed E-state index contributed by atoms with van der Waals surface area (Å²) in [5.74, 6) is 0.469. The summed E-state index contributed by atoms with van der Waals surface area (Å²) in [5.41, 5.74) is 1.71. The number of halogens is 1. The van der Waals surface area contributed by atoms with Crippen molar-refractivity contribution in [3.05, 3.63) is 53.6 Å². The maximum atomic E-state index is 14.3. The molecular formula is C27H31FN10O2. The molecule has 0 spiro atoms. The van der Waals surface area contributed by atoms with Crippen LogP contribution in [0.3, 0.4) is 0 Å². The number of nitriles is 1. The zero-order chi connectivity index (χ0) is 28.4. The van der Waals surface area contributed by atoms with Gasteiger partial charge in [0, 0.05) is 18.2 Å². The van der Waals surface area contributed by atoms with E-state index in [0.29, 0.717) is 22.6 Å². The van der Waals surface area contributed by atoms with Crippen LogP contribution in [0.25, 0.3) is 16.9 Å². The van der Waals surface area contributed by atoms with E-state index >= 15 is 0 Å². The molecule has 40 heavy (non-hydrogen) atoms. The second kappa shape index (κ2) is 11.0. The van der Waals surface area contributed by atoms with Gasteiger partial charge in [-0.05, 0) is 69.0 Å². The van der Waals surface area contributed by atoms with Crippen molar-refractivity contribution in [1.82, 2.24) is 40.1 Å². The van der Waals surface area contributed by atoms with Crippen molar-refractivity contribution in [1.29, 1.82) is 5.26 Å². The number of carbonyl (C=O) groups excluding carboxylic acids is 1. The molecule has 208 valence electrons. The van der Waals surface area contributed by atoms with Crippen LogP contribution in [0.2, 0.25) is 0 Å². The summed E-state index contributed by atoms with van der Waals surface area (Å²) in [5, 5.41) is 42.0. The molecule has 1 fully saturated rings. The molecule has 0 bridgehead atoms. The van der Waals surface area contributed by atoms with Gasteiger partial charge in [-0.2, -0.15) is 15.2 Å². The Hall–Kier alpha value is -4.44. The van der Waals surface area contributed by atoms with E-state index in [4.69, 9.17) is 0 Å². The Balaban J connectivity index is 1.40. The Labute approximate surface area is 230 Å². The standard InChI is InChI=1S/C27H31FN10O2/c1-27(2,40)24(28)15-31-26(39)20-14-30-22(23-9-8-19-10-16(12-29)13-32-38(19)23)11-21(20)33-18-6-4-17(5-7-18)25-34-36-37(3)35-25/h8-11,13-14,17-18,24,40H,4-7,15H2,1-3H3,(H,30,33)(H,31,39)/t17-,18-,24-/m1/s1. The smallest absolute Gasteiger partial charge is 0.255 e. The summed E-state index contributed by atoms with van der Waals surface area (Å²) in [6, 6.07) is 9.39. The number of pyridine rings is 1. The van der Waals surface area contributed by atoms with Crippen molar-refractivity contribution in [2.45, 2.75) is 63.3 Å². The normalized spacial score (nSPS) is 18.3. The highest BCUT2D eigenvalue weighted by atomic mass is 19.1. The van der Waals surface area contributed by atoms with Crippen molar-refractivity contribution in [2.75, 3.05) is 11.9 Å². The first-order valence-corrected chi connectivity index (χ1v) is 13.2. The van der Waals surface area contributed by atoms with Gasteiger partial charge in [0.2, 0.25) is 0 Å². The predicted molar refractivity (Wildman–Crippen MR) is 144 cm³/mol. The van der Waals surface area contributed by atoms with Gasteiger partial charge in [-0.25, -0.2) is 8.91 Å². The van der Waals surface area contributed by atoms with Gasteiger partial charge in [0.25, 0.3) is 5.91 Å². The number of amides is 1. The Morgan fingerprint density at radius 2 is 2.02 bits per heavy atom. The van der Waals surface area contributed by atoms with Gasteiger partial charge >= 0.3 is 0 Å². The number of hydrogen-bond donors (Lipinski definition) is 3. The van der Waals surface area contributed by atoms with E-state index in [1.807, 2.05) is 12.1 Å². The molecule has 13 heteroatoms. The average molecular weight is 547 g/mol. The monoisotopic (exact) mass is 546 g/mol. The second-order valence-electron chi connectivity index (χ2n) is 10.7. The minimum Gasteiger partial charge on any atom is -0.387 e. The molecule has 1 saturated carbocycles. The number of nitrogens with one attached hydrogen (secondary N) is 2. The summed E-state index contributed by atoms with van der Waals surface area (Å²) >= 11 is 0. The molecule has 1 aliphatic rings. The number of carbonyl (C=O) groups is 1. The third-order valence-electron chi connectivity index (χ3n) is 7.22. The molecule has 0 saturated heterocycles. The van der Waals surface area contributed by atoms with E-state index in [2.05, 4.69) is 42.2 Å². The van der Waals surface area contributed by atoms with Crippen LogP contribution in [0.5, 0.6) is 0 Å². The van der Waals surface area contributed by atoms with E-state index in [1.54, 1.807) is 23.7 Å². The molecule has 4 heterocycles. The molecule has 1 aliphatic carbocycles. The number of fused-ring (bicyclic) bond motifs is 1. The highest BCUT2D eigenvalue weighted by Gasteiger charge is 2.29. The molecular weight excluding hydrogens is 515 g/mol. The van der Waals surface area contributed by atoms with Crippen LogP contribution in [0.1, 0.15) is 67.2 Å². The fourth-order valence-corrected chi connectivity index (χ4v) is 4.86. The van der Waals surface area contributed by atoms with Gasteiger partial charge < -0.3 is 15.7 Å². The highest BCUT2D eigenvalue weighted by molar-refractivity contribution is 6.00. The van der Waals surface area contributed by atoms with Crippen LogP contribution in [-0.4, -0.2) is 70.2 Å². The van der Waals surface area contributed by atoms with Gasteiger partial charge in [0.15, 0.2) is 5.82 Å². The van der Waals surface area contributed by atoms with Crippen molar-refractivity contribution in [3.63, 3.8) is 0 Å². The lowest BCUT2D eigenvalue weighted by molar-refractivity contribution is -0.00177. The number of rotatable bonds is 8. The Bertz CT molecular complexity index is 1560. The molecule has 5 rings (SSSR count). The van der Waals surface area contributed by atoms with E-state index in [1.165, 1.54) is 31.0 Å². The van der Waals surface area contributed by atoms with Crippen molar-refractivity contribution >= 4 is 17.1 Å². The molecule has 12 nitrogen and oxygen atoms in total. The lowest BCUT2D eigenvalue weighted by atomic mass is 9.85. The third kappa shape index (κ3) is 5.76. The first-order valence-electron chi connectivity index (χ1n) is 13.2. The van der Waals surface area contributed by atoms with E-state index in [9.17, 15) is 19.6 Å². The number of aliphatic hydroxyl groups is 1. The number of nitrogens with zero attached hydrogens (tertiary/aromatic N) is 8. The number of alkyl halides is 1. The maximum Gasteiger partial charge on any atom is 0.255 e. The van der Waals surface area contributed by atoms with Crippen LogP contribution in [0.4, 0.5) is 10.1 Å². The van der Waals surface area contributed by atoms with Gasteiger partial charge in [-0.3, -0.25) is 9.78 Å². The lowest BCUT2D eigenvalue weighted by Crippen LogP contribution is -2.42. The van der Waals surface area contributed by atoms with Crippen LogP contribution in [-0.2, 0) is 7.05 Å². The first-order chi connectivity index (χ1) is 19.1. The fraction of sp³-hybridized carbons (Fsp3) is 0.444. The minimum atomic E-state index is -1.64. The maximum absolute atomic E-state index is 14.3. The molecule has 0 aromatic carbocycles. The molecule has 1 atom stereocenters. The number of tetrazole rings is 1. The number of anilines is 1. The third-order valence-corrected chi connectivity index (χ3v) is 7.22. The van der Waals surface area contributed by atoms with Crippen molar-refractivity contribution in [2.24, 2.45) is 7.05 Å². The summed E-state index contributed by atoms with van der Waals surface area (Å²) in [6.07, 6.45) is 4.71. The molecule has 1 amide bonds. The fourth-order valence-electron chi connectivity index (χ4n) is 4.86. The van der Waals surface area contributed by atoms with Crippen LogP contribution >= 0.6 is 0 Å². The van der Waals surface area contributed by atoms with E-state index in [-0.39, 0.29) is 24.1 Å². The van der Waals surface area contributed by atoms with Crippen LogP contribution in [0.15, 0.2) is 36.7 Å². The van der Waals surface area contributed by atoms with Crippen LogP contribution in [0, 0.1) is 11.3 Å². The summed E-state index contributed by atoms with van der Waals surface area (Å²) in [6.45, 7) is 2.37. The molecule has 0 aliphatic heterocycles. The van der Waals surface area contributed by atoms with Gasteiger partial charge in [0.1, 0.15) is 12.2 Å². The van der Waals surface area contributed by atoms with Crippen molar-refractivity contribution in [3.8, 4) is 17.5 Å². The minimum absolute atomic E-state index is 0.0837. The van der Waals surface area contributed by atoms with Crippen LogP contribution < -0.4 is 10.6 Å². The van der Waals surface area contributed by atoms with Gasteiger partial charge in [0.05, 0.1) is 59.1 Å². The van der Waals surface area contributed by atoms with Gasteiger partial charge in [-0.15, -0.1) is 10.2 Å². The molecule has 4 aromatic heterocycles. The lowest BCUT2D eigenvalue weighted by Gasteiger charge is -2.29. The predicted octanol–water partition coefficient (Wildman–Crippen LogP) is 2.77. The van der Waals surface area contributed by atoms with Crippen molar-refractivity contribution < 1.29 is 14.3 Å². The Morgan fingerprint density at radius 1 is 1.25 bits per heavy atom. The zero-order valence-electron chi connectivity index (χ0n) is 22.5. The number of hydrogen-bond acceptors (Lipinski definition) is 9. The summed E-state index contributed by atoms with van der Waals surface area (Å²) < 4.78 is 16.0. The average Bonchev–Trinajstić information content (AvgIpc) is 3.57. The second-order valence-corrected chi connectivity index (χ2v) is 10.7. The Kier molecular flexibility index (Phi) is 7.44. The van der Waals surface area contributed by atoms with Gasteiger partial charge in [-0.1, -0.05) is 0 Å². The topological polar surface area (TPSA) is 159 Å². The zero-order valence-corrected chi connectivity index (χ0v) is 22.5. The quantitative estimate of drug-likeness (QED) is 0.302. The van der Waals surface area contributed by atoms with E-state index in [0.717, 1.165) is 37.0 Å². The molecule has 0 unspecified atom stereocenters. The molecule has 4 aromatic rings. The molecule has 3 N–H and O–H groups in total. The first kappa shape index (κ1) is 27.1. The SMILES string of the molecule is Cn1nnc([C@H]2CC[C@H](Nc3cc(-c4ccc5cc(C#N)cnn45)ncc3C(=O)NC[C@@H](F)C(C)(C)O)CC2)n1. The number of aryl methyl sites for hydroxylation is 1. The summed E-state index contributed by atoms with van der Waals surface area (Å²) in [7, 11) is 1.75.